The predicted octanol–water partition coefficient (Wildman–Crippen LogP) is 1.12. The van der Waals surface area contributed by atoms with Crippen molar-refractivity contribution in [3.63, 3.8) is 0 Å². The van der Waals surface area contributed by atoms with E-state index in [0.29, 0.717) is 24.4 Å². The molecule has 0 spiro atoms. The predicted molar refractivity (Wildman–Crippen MR) is 84.2 cm³/mol. The van der Waals surface area contributed by atoms with E-state index in [9.17, 15) is 9.59 Å². The van der Waals surface area contributed by atoms with Crippen LogP contribution in [0.1, 0.15) is 19.4 Å². The SMILES string of the molecule is C[C@H]1CN(C(=O)COC(=O)COc2ccc(C#N)cc2)C[C@H](C)O1. The molecule has 1 amide bonds. The zero-order chi connectivity index (χ0) is 17.5. The maximum absolute atomic E-state index is 12.1. The van der Waals surface area contributed by atoms with Gasteiger partial charge in [-0.15, -0.1) is 0 Å². The summed E-state index contributed by atoms with van der Waals surface area (Å²) >= 11 is 0. The van der Waals surface area contributed by atoms with Crippen molar-refractivity contribution in [3.8, 4) is 11.8 Å². The van der Waals surface area contributed by atoms with Crippen molar-refractivity contribution >= 4 is 11.9 Å². The van der Waals surface area contributed by atoms with E-state index in [1.165, 1.54) is 0 Å². The van der Waals surface area contributed by atoms with Gasteiger partial charge in [0.25, 0.3) is 5.91 Å². The van der Waals surface area contributed by atoms with Crippen molar-refractivity contribution in [3.05, 3.63) is 29.8 Å². The van der Waals surface area contributed by atoms with Gasteiger partial charge in [0.15, 0.2) is 13.2 Å². The van der Waals surface area contributed by atoms with Crippen LogP contribution in [0.25, 0.3) is 0 Å². The lowest BCUT2D eigenvalue weighted by atomic mass is 10.2. The summed E-state index contributed by atoms with van der Waals surface area (Å²) in [6, 6.07) is 8.35. The molecule has 2 rings (SSSR count). The van der Waals surface area contributed by atoms with Gasteiger partial charge in [0.2, 0.25) is 0 Å². The Kier molecular flexibility index (Phi) is 6.15. The second-order valence-corrected chi connectivity index (χ2v) is 5.64. The van der Waals surface area contributed by atoms with Crippen LogP contribution in [0.3, 0.4) is 0 Å². The van der Waals surface area contributed by atoms with E-state index in [0.717, 1.165) is 0 Å². The third kappa shape index (κ3) is 5.25. The summed E-state index contributed by atoms with van der Waals surface area (Å²) in [6.45, 7) is 4.16. The van der Waals surface area contributed by atoms with Gasteiger partial charge in [0.1, 0.15) is 5.75 Å². The Morgan fingerprint density at radius 2 is 1.83 bits per heavy atom. The van der Waals surface area contributed by atoms with Crippen molar-refractivity contribution in [2.45, 2.75) is 26.1 Å². The van der Waals surface area contributed by atoms with Crippen LogP contribution in [0.15, 0.2) is 24.3 Å². The average molecular weight is 332 g/mol. The summed E-state index contributed by atoms with van der Waals surface area (Å²) in [4.78, 5) is 25.4. The lowest BCUT2D eigenvalue weighted by Gasteiger charge is -2.35. The fraction of sp³-hybridized carbons (Fsp3) is 0.471. The topological polar surface area (TPSA) is 88.9 Å². The molecule has 1 aromatic rings. The number of hydrogen-bond donors (Lipinski definition) is 0. The summed E-state index contributed by atoms with van der Waals surface area (Å²) in [6.07, 6.45) is -0.0683. The first-order valence-electron chi connectivity index (χ1n) is 7.69. The van der Waals surface area contributed by atoms with Crippen molar-refractivity contribution in [1.82, 2.24) is 4.90 Å². The molecule has 0 aliphatic carbocycles. The highest BCUT2D eigenvalue weighted by atomic mass is 16.6. The highest BCUT2D eigenvalue weighted by molar-refractivity contribution is 5.81. The van der Waals surface area contributed by atoms with Gasteiger partial charge in [0, 0.05) is 13.1 Å². The normalized spacial score (nSPS) is 20.1. The van der Waals surface area contributed by atoms with Gasteiger partial charge in [-0.3, -0.25) is 4.79 Å². The number of ether oxygens (including phenoxy) is 3. The lowest BCUT2D eigenvalue weighted by Crippen LogP contribution is -2.49. The molecule has 0 N–H and O–H groups in total. The largest absolute Gasteiger partial charge is 0.482 e. The zero-order valence-corrected chi connectivity index (χ0v) is 13.7. The third-order valence-corrected chi connectivity index (χ3v) is 3.47. The molecule has 0 radical (unpaired) electrons. The molecule has 1 saturated heterocycles. The summed E-state index contributed by atoms with van der Waals surface area (Å²) in [5, 5.41) is 8.70. The van der Waals surface area contributed by atoms with Crippen molar-refractivity contribution in [2.24, 2.45) is 0 Å². The Hall–Kier alpha value is -2.59. The molecule has 0 saturated carbocycles. The van der Waals surface area contributed by atoms with Gasteiger partial charge in [-0.05, 0) is 38.1 Å². The standard InChI is InChI=1S/C17H20N2O5/c1-12-8-19(9-13(2)24-12)16(20)10-23-17(21)11-22-15-5-3-14(7-18)4-6-15/h3-6,12-13H,8-11H2,1-2H3/t12-,13-/m0/s1. The van der Waals surface area contributed by atoms with Crippen LogP contribution in [0, 0.1) is 11.3 Å². The Morgan fingerprint density at radius 1 is 1.21 bits per heavy atom. The molecule has 7 heteroatoms. The van der Waals surface area contributed by atoms with E-state index >= 15 is 0 Å². The number of carbonyl (C=O) groups excluding carboxylic acids is 2. The van der Waals surface area contributed by atoms with E-state index in [1.54, 1.807) is 29.2 Å². The number of esters is 1. The minimum Gasteiger partial charge on any atom is -0.482 e. The van der Waals surface area contributed by atoms with Crippen molar-refractivity contribution < 1.29 is 23.8 Å². The van der Waals surface area contributed by atoms with Crippen LogP contribution in [0.2, 0.25) is 0 Å². The molecule has 128 valence electrons. The number of nitriles is 1. The lowest BCUT2D eigenvalue weighted by molar-refractivity contribution is -0.158. The minimum atomic E-state index is -0.623. The molecule has 1 aliphatic heterocycles. The molecule has 0 bridgehead atoms. The van der Waals surface area contributed by atoms with Gasteiger partial charge >= 0.3 is 5.97 Å². The number of morpholine rings is 1. The summed E-state index contributed by atoms with van der Waals surface area (Å²) in [5.74, 6) is -0.418. The Labute approximate surface area is 140 Å². The molecule has 1 aliphatic rings. The quantitative estimate of drug-likeness (QED) is 0.751. The molecule has 24 heavy (non-hydrogen) atoms. The highest BCUT2D eigenvalue weighted by Crippen LogP contribution is 2.12. The monoisotopic (exact) mass is 332 g/mol. The van der Waals surface area contributed by atoms with Crippen LogP contribution >= 0.6 is 0 Å². The fourth-order valence-corrected chi connectivity index (χ4v) is 2.42. The molecule has 2 atom stereocenters. The van der Waals surface area contributed by atoms with Gasteiger partial charge in [-0.2, -0.15) is 5.26 Å². The molecule has 1 aromatic carbocycles. The van der Waals surface area contributed by atoms with Crippen LogP contribution < -0.4 is 4.74 Å². The number of hydrogen-bond acceptors (Lipinski definition) is 6. The van der Waals surface area contributed by atoms with E-state index in [2.05, 4.69) is 0 Å². The minimum absolute atomic E-state index is 0.0342. The van der Waals surface area contributed by atoms with Crippen LogP contribution in [0.4, 0.5) is 0 Å². The van der Waals surface area contributed by atoms with Gasteiger partial charge in [-0.1, -0.05) is 0 Å². The number of benzene rings is 1. The van der Waals surface area contributed by atoms with E-state index in [-0.39, 0.29) is 31.3 Å². The van der Waals surface area contributed by atoms with Gasteiger partial charge in [-0.25, -0.2) is 4.79 Å². The molecular formula is C17H20N2O5. The summed E-state index contributed by atoms with van der Waals surface area (Å²) in [5.41, 5.74) is 0.504. The second kappa shape index (κ2) is 8.31. The Morgan fingerprint density at radius 3 is 2.42 bits per heavy atom. The Balaban J connectivity index is 1.72. The van der Waals surface area contributed by atoms with E-state index in [1.807, 2.05) is 19.9 Å². The van der Waals surface area contributed by atoms with Crippen molar-refractivity contribution in [1.29, 1.82) is 5.26 Å². The first kappa shape index (κ1) is 17.8. The summed E-state index contributed by atoms with van der Waals surface area (Å²) < 4.78 is 15.8. The number of amides is 1. The molecule has 0 aromatic heterocycles. The highest BCUT2D eigenvalue weighted by Gasteiger charge is 2.26. The van der Waals surface area contributed by atoms with Crippen LogP contribution in [-0.4, -0.2) is 55.3 Å². The van der Waals surface area contributed by atoms with Gasteiger partial charge < -0.3 is 19.1 Å². The van der Waals surface area contributed by atoms with Crippen LogP contribution in [-0.2, 0) is 19.1 Å². The van der Waals surface area contributed by atoms with E-state index in [4.69, 9.17) is 19.5 Å². The fourth-order valence-electron chi connectivity index (χ4n) is 2.42. The molecule has 1 heterocycles. The first-order valence-corrected chi connectivity index (χ1v) is 7.69. The second-order valence-electron chi connectivity index (χ2n) is 5.64. The first-order chi connectivity index (χ1) is 11.5. The molecule has 1 fully saturated rings. The summed E-state index contributed by atoms with van der Waals surface area (Å²) in [7, 11) is 0. The molecular weight excluding hydrogens is 312 g/mol. The van der Waals surface area contributed by atoms with E-state index < -0.39 is 5.97 Å². The Bertz CT molecular complexity index is 613. The zero-order valence-electron chi connectivity index (χ0n) is 13.7. The smallest absolute Gasteiger partial charge is 0.344 e. The average Bonchev–Trinajstić information content (AvgIpc) is 2.57. The van der Waals surface area contributed by atoms with Gasteiger partial charge in [0.05, 0.1) is 23.8 Å². The molecule has 0 unspecified atom stereocenters. The van der Waals surface area contributed by atoms with Crippen molar-refractivity contribution in [2.75, 3.05) is 26.3 Å². The number of rotatable bonds is 5. The molecule has 7 nitrogen and oxygen atoms in total. The maximum Gasteiger partial charge on any atom is 0.344 e. The number of carbonyl (C=O) groups is 2. The van der Waals surface area contributed by atoms with Crippen LogP contribution in [0.5, 0.6) is 5.75 Å². The maximum atomic E-state index is 12.1. The number of nitrogens with zero attached hydrogens (tertiary/aromatic N) is 2. The third-order valence-electron chi connectivity index (χ3n) is 3.47.